The van der Waals surface area contributed by atoms with Crippen LogP contribution in [-0.2, 0) is 0 Å². The smallest absolute Gasteiger partial charge is 0.357 e. The normalized spacial score (nSPS) is 10.3. The van der Waals surface area contributed by atoms with Gasteiger partial charge in [-0.1, -0.05) is 11.6 Å². The first-order valence-electron chi connectivity index (χ1n) is 4.14. The number of rotatable bonds is 3. The molecule has 0 aliphatic carbocycles. The monoisotopic (exact) mass is 256 g/mol. The number of oxazole rings is 1. The third-order valence-corrected chi connectivity index (χ3v) is 2.91. The zero-order chi connectivity index (χ0) is 11.5. The molecule has 0 bridgehead atoms. The van der Waals surface area contributed by atoms with Gasteiger partial charge in [0.15, 0.2) is 5.69 Å². The Morgan fingerprint density at radius 3 is 3.00 bits per heavy atom. The van der Waals surface area contributed by atoms with Crippen molar-refractivity contribution < 1.29 is 14.3 Å². The number of hydrogen-bond acceptors (Lipinski definition) is 5. The van der Waals surface area contributed by atoms with Crippen molar-refractivity contribution in [2.75, 3.05) is 0 Å². The van der Waals surface area contributed by atoms with Crippen LogP contribution in [0.25, 0.3) is 0 Å². The third-order valence-electron chi connectivity index (χ3n) is 1.61. The molecule has 2 aromatic heterocycles. The van der Waals surface area contributed by atoms with Gasteiger partial charge >= 0.3 is 5.97 Å². The number of carboxylic acid groups (broad SMARTS) is 1. The average Bonchev–Trinajstić information content (AvgIpc) is 2.70. The van der Waals surface area contributed by atoms with Crippen molar-refractivity contribution >= 4 is 29.3 Å². The number of carboxylic acids is 1. The molecular weight excluding hydrogens is 252 g/mol. The van der Waals surface area contributed by atoms with Crippen molar-refractivity contribution in [3.63, 3.8) is 0 Å². The van der Waals surface area contributed by atoms with Crippen molar-refractivity contribution in [2.45, 2.75) is 10.2 Å². The molecule has 0 saturated heterocycles. The Bertz CT molecular complexity index is 529. The predicted octanol–water partition coefficient (Wildman–Crippen LogP) is 2.57. The summed E-state index contributed by atoms with van der Waals surface area (Å²) in [5, 5.41) is 9.82. The first kappa shape index (κ1) is 11.0. The van der Waals surface area contributed by atoms with E-state index in [0.717, 1.165) is 18.0 Å². The SMILES string of the molecule is O=C(O)c1coc(Sc2ncccc2Cl)n1. The number of hydrogen-bond donors (Lipinski definition) is 1. The molecule has 2 heterocycles. The number of halogens is 1. The van der Waals surface area contributed by atoms with E-state index in [4.69, 9.17) is 21.1 Å². The summed E-state index contributed by atoms with van der Waals surface area (Å²) in [6, 6.07) is 3.38. The van der Waals surface area contributed by atoms with Gasteiger partial charge in [-0.3, -0.25) is 0 Å². The van der Waals surface area contributed by atoms with E-state index in [1.54, 1.807) is 18.3 Å². The van der Waals surface area contributed by atoms with E-state index in [9.17, 15) is 4.79 Å². The topological polar surface area (TPSA) is 76.2 Å². The molecule has 0 radical (unpaired) electrons. The van der Waals surface area contributed by atoms with Gasteiger partial charge in [0.1, 0.15) is 11.3 Å². The van der Waals surface area contributed by atoms with Gasteiger partial charge in [-0.15, -0.1) is 0 Å². The molecule has 5 nitrogen and oxygen atoms in total. The summed E-state index contributed by atoms with van der Waals surface area (Å²) in [4.78, 5) is 18.3. The van der Waals surface area contributed by atoms with E-state index in [1.165, 1.54) is 0 Å². The lowest BCUT2D eigenvalue weighted by atomic mass is 10.5. The first-order valence-corrected chi connectivity index (χ1v) is 5.33. The zero-order valence-electron chi connectivity index (χ0n) is 7.75. The highest BCUT2D eigenvalue weighted by atomic mass is 35.5. The summed E-state index contributed by atoms with van der Waals surface area (Å²) >= 11 is 6.94. The molecule has 2 aromatic rings. The van der Waals surface area contributed by atoms with Crippen LogP contribution in [0.1, 0.15) is 10.5 Å². The molecule has 0 saturated carbocycles. The summed E-state index contributed by atoms with van der Waals surface area (Å²) < 4.78 is 4.96. The van der Waals surface area contributed by atoms with E-state index in [1.807, 2.05) is 0 Å². The Balaban J connectivity index is 2.21. The fraction of sp³-hybridized carbons (Fsp3) is 0. The summed E-state index contributed by atoms with van der Waals surface area (Å²) in [7, 11) is 0. The van der Waals surface area contributed by atoms with Crippen molar-refractivity contribution in [3.05, 3.63) is 35.3 Å². The molecule has 0 aliphatic heterocycles. The molecule has 1 N–H and O–H groups in total. The van der Waals surface area contributed by atoms with Gasteiger partial charge in [-0.05, 0) is 23.9 Å². The summed E-state index contributed by atoms with van der Waals surface area (Å²) in [5.41, 5.74) is -0.144. The Kier molecular flexibility index (Phi) is 3.12. The summed E-state index contributed by atoms with van der Waals surface area (Å²) in [6.07, 6.45) is 2.65. The molecule has 0 atom stereocenters. The Hall–Kier alpha value is -1.53. The quantitative estimate of drug-likeness (QED) is 0.910. The number of aromatic nitrogens is 2. The van der Waals surface area contributed by atoms with Crippen molar-refractivity contribution in [2.24, 2.45) is 0 Å². The maximum Gasteiger partial charge on any atom is 0.357 e. The average molecular weight is 257 g/mol. The minimum absolute atomic E-state index is 0.144. The van der Waals surface area contributed by atoms with Crippen molar-refractivity contribution in [1.82, 2.24) is 9.97 Å². The van der Waals surface area contributed by atoms with Gasteiger partial charge in [0.25, 0.3) is 5.22 Å². The molecule has 0 unspecified atom stereocenters. The van der Waals surface area contributed by atoms with Gasteiger partial charge in [0.2, 0.25) is 0 Å². The maximum absolute atomic E-state index is 10.6. The van der Waals surface area contributed by atoms with Crippen LogP contribution in [0.5, 0.6) is 0 Å². The Morgan fingerprint density at radius 1 is 1.56 bits per heavy atom. The van der Waals surface area contributed by atoms with E-state index < -0.39 is 5.97 Å². The fourth-order valence-electron chi connectivity index (χ4n) is 0.931. The van der Waals surface area contributed by atoms with Crippen LogP contribution in [-0.4, -0.2) is 21.0 Å². The van der Waals surface area contributed by atoms with Crippen LogP contribution < -0.4 is 0 Å². The molecule has 0 amide bonds. The molecule has 7 heteroatoms. The lowest BCUT2D eigenvalue weighted by Crippen LogP contribution is -1.95. The van der Waals surface area contributed by atoms with Crippen LogP contribution in [0.2, 0.25) is 5.02 Å². The Labute approximate surface area is 99.5 Å². The minimum atomic E-state index is -1.14. The molecular formula is C9H5ClN2O3S. The van der Waals surface area contributed by atoms with Gasteiger partial charge < -0.3 is 9.52 Å². The molecule has 16 heavy (non-hydrogen) atoms. The van der Waals surface area contributed by atoms with E-state index in [2.05, 4.69) is 9.97 Å². The standard InChI is InChI=1S/C9H5ClN2O3S/c10-5-2-1-3-11-7(5)16-9-12-6(4-15-9)8(13)14/h1-4H,(H,13,14). The zero-order valence-corrected chi connectivity index (χ0v) is 9.33. The van der Waals surface area contributed by atoms with Crippen molar-refractivity contribution in [3.8, 4) is 0 Å². The van der Waals surface area contributed by atoms with E-state index >= 15 is 0 Å². The van der Waals surface area contributed by atoms with Gasteiger partial charge in [0, 0.05) is 6.20 Å². The van der Waals surface area contributed by atoms with E-state index in [0.29, 0.717) is 10.0 Å². The maximum atomic E-state index is 10.6. The van der Waals surface area contributed by atoms with Crippen LogP contribution in [0.3, 0.4) is 0 Å². The summed E-state index contributed by atoms with van der Waals surface area (Å²) in [6.45, 7) is 0. The van der Waals surface area contributed by atoms with Crippen LogP contribution in [0.4, 0.5) is 0 Å². The lowest BCUT2D eigenvalue weighted by molar-refractivity contribution is 0.0690. The number of pyridine rings is 1. The number of carbonyl (C=O) groups is 1. The molecule has 0 fully saturated rings. The highest BCUT2D eigenvalue weighted by Crippen LogP contribution is 2.30. The Morgan fingerprint density at radius 2 is 2.38 bits per heavy atom. The largest absolute Gasteiger partial charge is 0.476 e. The van der Waals surface area contributed by atoms with Crippen molar-refractivity contribution in [1.29, 1.82) is 0 Å². The van der Waals surface area contributed by atoms with Crippen LogP contribution in [0.15, 0.2) is 39.3 Å². The molecule has 2 rings (SSSR count). The lowest BCUT2D eigenvalue weighted by Gasteiger charge is -1.97. The molecule has 0 aromatic carbocycles. The third kappa shape index (κ3) is 2.34. The van der Waals surface area contributed by atoms with Crippen LogP contribution >= 0.6 is 23.4 Å². The second kappa shape index (κ2) is 4.54. The number of nitrogens with zero attached hydrogens (tertiary/aromatic N) is 2. The summed E-state index contributed by atoms with van der Waals surface area (Å²) in [5.74, 6) is -1.14. The second-order valence-corrected chi connectivity index (χ2v) is 4.04. The highest BCUT2D eigenvalue weighted by molar-refractivity contribution is 7.99. The molecule has 82 valence electrons. The van der Waals surface area contributed by atoms with Crippen LogP contribution in [0, 0.1) is 0 Å². The van der Waals surface area contributed by atoms with E-state index in [-0.39, 0.29) is 10.9 Å². The first-order chi connectivity index (χ1) is 7.66. The van der Waals surface area contributed by atoms with Gasteiger partial charge in [-0.2, -0.15) is 4.98 Å². The predicted molar refractivity (Wildman–Crippen MR) is 56.8 cm³/mol. The number of aromatic carboxylic acids is 1. The highest BCUT2D eigenvalue weighted by Gasteiger charge is 2.13. The molecule has 0 aliphatic rings. The van der Waals surface area contributed by atoms with Gasteiger partial charge in [-0.25, -0.2) is 9.78 Å². The second-order valence-electron chi connectivity index (χ2n) is 2.70. The minimum Gasteiger partial charge on any atom is -0.476 e. The molecule has 0 spiro atoms. The van der Waals surface area contributed by atoms with Gasteiger partial charge in [0.05, 0.1) is 5.02 Å². The fourth-order valence-corrected chi connectivity index (χ4v) is 1.85.